The second-order valence-corrected chi connectivity index (χ2v) is 4.82. The predicted molar refractivity (Wildman–Crippen MR) is 74.9 cm³/mol. The molecule has 2 aromatic rings. The first-order valence-electron chi connectivity index (χ1n) is 6.13. The fourth-order valence-electron chi connectivity index (χ4n) is 1.87. The Balaban J connectivity index is 2.05. The van der Waals surface area contributed by atoms with Crippen molar-refractivity contribution in [3.8, 4) is 0 Å². The molecule has 0 aliphatic heterocycles. The molecule has 0 fully saturated rings. The molecule has 0 aliphatic rings. The molecule has 0 saturated carbocycles. The molecule has 1 heterocycles. The summed E-state index contributed by atoms with van der Waals surface area (Å²) < 4.78 is 1.62. The van der Waals surface area contributed by atoms with Gasteiger partial charge in [0.05, 0.1) is 6.04 Å². The van der Waals surface area contributed by atoms with Crippen molar-refractivity contribution in [1.29, 1.82) is 0 Å². The lowest BCUT2D eigenvalue weighted by Gasteiger charge is -2.19. The average Bonchev–Trinajstić information content (AvgIpc) is 2.92. The molecule has 0 aliphatic carbocycles. The molecule has 0 saturated heterocycles. The van der Waals surface area contributed by atoms with Gasteiger partial charge < -0.3 is 5.32 Å². The van der Waals surface area contributed by atoms with Crippen LogP contribution in [0.5, 0.6) is 0 Å². The first kappa shape index (κ1) is 13.6. The van der Waals surface area contributed by atoms with E-state index in [2.05, 4.69) is 10.4 Å². The minimum Gasteiger partial charge on any atom is -0.348 e. The fourth-order valence-corrected chi connectivity index (χ4v) is 2.17. The topological polar surface area (TPSA) is 46.9 Å². The molecule has 19 heavy (non-hydrogen) atoms. The Bertz CT molecular complexity index is 554. The van der Waals surface area contributed by atoms with E-state index in [9.17, 15) is 4.79 Å². The van der Waals surface area contributed by atoms with Gasteiger partial charge in [0.15, 0.2) is 0 Å². The van der Waals surface area contributed by atoms with Crippen molar-refractivity contribution < 1.29 is 4.79 Å². The SMILES string of the molecule is CC(NC(=O)C(C)n1cccn1)c1ccccc1Cl. The third kappa shape index (κ3) is 3.15. The molecule has 1 aromatic heterocycles. The molecule has 2 unspecified atom stereocenters. The highest BCUT2D eigenvalue weighted by atomic mass is 35.5. The van der Waals surface area contributed by atoms with Gasteiger partial charge in [-0.25, -0.2) is 0 Å². The van der Waals surface area contributed by atoms with Gasteiger partial charge in [0.1, 0.15) is 6.04 Å². The molecule has 1 amide bonds. The van der Waals surface area contributed by atoms with Crippen molar-refractivity contribution in [3.05, 3.63) is 53.3 Å². The van der Waals surface area contributed by atoms with Gasteiger partial charge in [-0.1, -0.05) is 29.8 Å². The van der Waals surface area contributed by atoms with Gasteiger partial charge in [-0.3, -0.25) is 9.48 Å². The van der Waals surface area contributed by atoms with Crippen LogP contribution in [0.3, 0.4) is 0 Å². The summed E-state index contributed by atoms with van der Waals surface area (Å²) in [6.07, 6.45) is 3.42. The normalized spacial score (nSPS) is 13.8. The van der Waals surface area contributed by atoms with Crippen LogP contribution in [0.1, 0.15) is 31.5 Å². The van der Waals surface area contributed by atoms with Crippen molar-refractivity contribution in [3.63, 3.8) is 0 Å². The number of nitrogens with zero attached hydrogens (tertiary/aromatic N) is 2. The van der Waals surface area contributed by atoms with Gasteiger partial charge in [-0.2, -0.15) is 5.10 Å². The van der Waals surface area contributed by atoms with Crippen LogP contribution in [0.4, 0.5) is 0 Å². The highest BCUT2D eigenvalue weighted by Gasteiger charge is 2.18. The molecule has 0 bridgehead atoms. The van der Waals surface area contributed by atoms with Crippen molar-refractivity contribution in [2.45, 2.75) is 25.9 Å². The molecule has 2 atom stereocenters. The Morgan fingerprint density at radius 3 is 2.68 bits per heavy atom. The second-order valence-electron chi connectivity index (χ2n) is 4.41. The Morgan fingerprint density at radius 2 is 2.05 bits per heavy atom. The number of hydrogen-bond donors (Lipinski definition) is 1. The lowest BCUT2D eigenvalue weighted by atomic mass is 10.1. The van der Waals surface area contributed by atoms with E-state index in [0.29, 0.717) is 5.02 Å². The molecule has 5 heteroatoms. The van der Waals surface area contributed by atoms with Gasteiger partial charge in [-0.05, 0) is 31.5 Å². The largest absolute Gasteiger partial charge is 0.348 e. The highest BCUT2D eigenvalue weighted by molar-refractivity contribution is 6.31. The summed E-state index contributed by atoms with van der Waals surface area (Å²) in [5, 5.41) is 7.66. The van der Waals surface area contributed by atoms with E-state index < -0.39 is 0 Å². The number of benzene rings is 1. The summed E-state index contributed by atoms with van der Waals surface area (Å²) in [7, 11) is 0. The van der Waals surface area contributed by atoms with Crippen LogP contribution in [0.25, 0.3) is 0 Å². The zero-order chi connectivity index (χ0) is 13.8. The number of rotatable bonds is 4. The summed E-state index contributed by atoms with van der Waals surface area (Å²) in [5.41, 5.74) is 0.908. The van der Waals surface area contributed by atoms with Gasteiger partial charge in [-0.15, -0.1) is 0 Å². The molecule has 0 spiro atoms. The van der Waals surface area contributed by atoms with Crippen LogP contribution in [0.15, 0.2) is 42.7 Å². The number of carbonyl (C=O) groups is 1. The van der Waals surface area contributed by atoms with E-state index in [-0.39, 0.29) is 18.0 Å². The maximum atomic E-state index is 12.1. The number of nitrogens with one attached hydrogen (secondary N) is 1. The van der Waals surface area contributed by atoms with Crippen LogP contribution in [-0.2, 0) is 4.79 Å². The Kier molecular flexibility index (Phi) is 4.22. The minimum atomic E-state index is -0.347. The first-order chi connectivity index (χ1) is 9.09. The van der Waals surface area contributed by atoms with Gasteiger partial charge >= 0.3 is 0 Å². The van der Waals surface area contributed by atoms with Gasteiger partial charge in [0, 0.05) is 17.4 Å². The molecular weight excluding hydrogens is 262 g/mol. The first-order valence-corrected chi connectivity index (χ1v) is 6.51. The lowest BCUT2D eigenvalue weighted by Crippen LogP contribution is -2.33. The maximum Gasteiger partial charge on any atom is 0.245 e. The summed E-state index contributed by atoms with van der Waals surface area (Å²) in [5.74, 6) is -0.0869. The van der Waals surface area contributed by atoms with Crippen molar-refractivity contribution in [1.82, 2.24) is 15.1 Å². The molecule has 2 rings (SSSR count). The molecular formula is C14H16ClN3O. The summed E-state index contributed by atoms with van der Waals surface area (Å²) in [6, 6.07) is 8.80. The maximum absolute atomic E-state index is 12.1. The molecule has 1 N–H and O–H groups in total. The standard InChI is InChI=1S/C14H16ClN3O/c1-10(12-6-3-4-7-13(12)15)17-14(19)11(2)18-9-5-8-16-18/h3-11H,1-2H3,(H,17,19). The summed E-state index contributed by atoms with van der Waals surface area (Å²) in [6.45, 7) is 3.72. The summed E-state index contributed by atoms with van der Waals surface area (Å²) >= 11 is 6.11. The second kappa shape index (κ2) is 5.89. The number of hydrogen-bond acceptors (Lipinski definition) is 2. The quantitative estimate of drug-likeness (QED) is 0.934. The smallest absolute Gasteiger partial charge is 0.245 e. The number of carbonyl (C=O) groups excluding carboxylic acids is 1. The zero-order valence-corrected chi connectivity index (χ0v) is 11.6. The Morgan fingerprint density at radius 1 is 1.32 bits per heavy atom. The molecule has 100 valence electrons. The lowest BCUT2D eigenvalue weighted by molar-refractivity contribution is -0.124. The minimum absolute atomic E-state index is 0.0869. The average molecular weight is 278 g/mol. The monoisotopic (exact) mass is 277 g/mol. The number of halogens is 1. The third-order valence-corrected chi connectivity index (χ3v) is 3.38. The van der Waals surface area contributed by atoms with Gasteiger partial charge in [0.25, 0.3) is 0 Å². The van der Waals surface area contributed by atoms with Crippen LogP contribution in [0.2, 0.25) is 5.02 Å². The Labute approximate surface area is 117 Å². The van der Waals surface area contributed by atoms with E-state index >= 15 is 0 Å². The van der Waals surface area contributed by atoms with E-state index in [0.717, 1.165) is 5.56 Å². The van der Waals surface area contributed by atoms with E-state index in [1.165, 1.54) is 0 Å². The third-order valence-electron chi connectivity index (χ3n) is 3.03. The van der Waals surface area contributed by atoms with E-state index in [1.807, 2.05) is 38.1 Å². The molecule has 4 nitrogen and oxygen atoms in total. The predicted octanol–water partition coefficient (Wildman–Crippen LogP) is 2.97. The van der Waals surface area contributed by atoms with Crippen molar-refractivity contribution in [2.24, 2.45) is 0 Å². The number of amides is 1. The Hall–Kier alpha value is -1.81. The van der Waals surface area contributed by atoms with Crippen LogP contribution in [0, 0.1) is 0 Å². The number of aromatic nitrogens is 2. The zero-order valence-electron chi connectivity index (χ0n) is 10.9. The van der Waals surface area contributed by atoms with Crippen molar-refractivity contribution >= 4 is 17.5 Å². The highest BCUT2D eigenvalue weighted by Crippen LogP contribution is 2.22. The van der Waals surface area contributed by atoms with Gasteiger partial charge in [0.2, 0.25) is 5.91 Å². The van der Waals surface area contributed by atoms with E-state index in [4.69, 9.17) is 11.6 Å². The summed E-state index contributed by atoms with van der Waals surface area (Å²) in [4.78, 5) is 12.1. The molecule has 1 aromatic carbocycles. The van der Waals surface area contributed by atoms with Crippen LogP contribution >= 0.6 is 11.6 Å². The van der Waals surface area contributed by atoms with Crippen molar-refractivity contribution in [2.75, 3.05) is 0 Å². The molecule has 0 radical (unpaired) electrons. The van der Waals surface area contributed by atoms with Crippen LogP contribution in [-0.4, -0.2) is 15.7 Å². The van der Waals surface area contributed by atoms with E-state index in [1.54, 1.807) is 23.1 Å². The van der Waals surface area contributed by atoms with Crippen LogP contribution < -0.4 is 5.32 Å². The fraction of sp³-hybridized carbons (Fsp3) is 0.286.